The molecule has 2 rings (SSSR count). The molecule has 0 bridgehead atoms. The van der Waals surface area contributed by atoms with Gasteiger partial charge >= 0.3 is 0 Å². The molecular weight excluding hydrogens is 304 g/mol. The summed E-state index contributed by atoms with van der Waals surface area (Å²) in [5.41, 5.74) is 1.45. The SMILES string of the molecule is CC(C)(CNCC1COCCN1)c1ccccc1Br. The van der Waals surface area contributed by atoms with Crippen LogP contribution in [-0.4, -0.2) is 38.9 Å². The van der Waals surface area contributed by atoms with Crippen molar-refractivity contribution in [3.05, 3.63) is 34.3 Å². The predicted molar refractivity (Wildman–Crippen MR) is 82.6 cm³/mol. The topological polar surface area (TPSA) is 33.3 Å². The molecule has 0 saturated carbocycles. The smallest absolute Gasteiger partial charge is 0.0632 e. The van der Waals surface area contributed by atoms with Gasteiger partial charge in [0.15, 0.2) is 0 Å². The molecule has 0 radical (unpaired) electrons. The molecule has 0 spiro atoms. The fourth-order valence-electron chi connectivity index (χ4n) is 2.42. The normalized spacial score (nSPS) is 20.5. The Kier molecular flexibility index (Phi) is 5.39. The molecule has 1 fully saturated rings. The molecule has 1 atom stereocenters. The van der Waals surface area contributed by atoms with Crippen LogP contribution in [0.25, 0.3) is 0 Å². The molecule has 0 aromatic heterocycles. The number of hydrogen-bond donors (Lipinski definition) is 2. The highest BCUT2D eigenvalue weighted by Gasteiger charge is 2.23. The standard InChI is InChI=1S/C15H23BrN2O/c1-15(2,13-5-3-4-6-14(13)16)11-17-9-12-10-19-8-7-18-12/h3-6,12,17-18H,7-11H2,1-2H3. The van der Waals surface area contributed by atoms with Crippen LogP contribution in [0.5, 0.6) is 0 Å². The first-order chi connectivity index (χ1) is 9.09. The molecule has 1 aromatic rings. The third-order valence-electron chi connectivity index (χ3n) is 3.56. The first kappa shape index (κ1) is 15.0. The van der Waals surface area contributed by atoms with Crippen molar-refractivity contribution in [2.24, 2.45) is 0 Å². The van der Waals surface area contributed by atoms with E-state index >= 15 is 0 Å². The monoisotopic (exact) mass is 326 g/mol. The maximum absolute atomic E-state index is 5.46. The molecule has 1 saturated heterocycles. The number of benzene rings is 1. The van der Waals surface area contributed by atoms with Gasteiger partial charge in [0.25, 0.3) is 0 Å². The van der Waals surface area contributed by atoms with Gasteiger partial charge in [-0.05, 0) is 11.6 Å². The number of rotatable bonds is 5. The summed E-state index contributed by atoms with van der Waals surface area (Å²) in [6, 6.07) is 8.88. The molecule has 1 heterocycles. The Labute approximate surface area is 124 Å². The molecule has 1 aromatic carbocycles. The molecule has 19 heavy (non-hydrogen) atoms. The van der Waals surface area contributed by atoms with E-state index in [1.54, 1.807) is 0 Å². The van der Waals surface area contributed by atoms with Crippen LogP contribution in [0.3, 0.4) is 0 Å². The quantitative estimate of drug-likeness (QED) is 0.871. The first-order valence-corrected chi connectivity index (χ1v) is 7.66. The van der Waals surface area contributed by atoms with Gasteiger partial charge in [0.05, 0.1) is 13.2 Å². The minimum atomic E-state index is 0.107. The lowest BCUT2D eigenvalue weighted by Gasteiger charge is -2.29. The van der Waals surface area contributed by atoms with Crippen molar-refractivity contribution in [3.8, 4) is 0 Å². The zero-order valence-electron chi connectivity index (χ0n) is 11.7. The minimum absolute atomic E-state index is 0.107. The van der Waals surface area contributed by atoms with Gasteiger partial charge < -0.3 is 15.4 Å². The van der Waals surface area contributed by atoms with E-state index in [2.05, 4.69) is 64.7 Å². The van der Waals surface area contributed by atoms with Crippen LogP contribution in [0.1, 0.15) is 19.4 Å². The van der Waals surface area contributed by atoms with Gasteiger partial charge in [0.1, 0.15) is 0 Å². The second-order valence-corrected chi connectivity index (χ2v) is 6.57. The van der Waals surface area contributed by atoms with E-state index in [1.165, 1.54) is 10.0 Å². The third-order valence-corrected chi connectivity index (χ3v) is 4.25. The molecule has 1 aliphatic heterocycles. The molecule has 106 valence electrons. The van der Waals surface area contributed by atoms with Gasteiger partial charge in [-0.2, -0.15) is 0 Å². The summed E-state index contributed by atoms with van der Waals surface area (Å²) in [6.45, 7) is 9.04. The summed E-state index contributed by atoms with van der Waals surface area (Å²) in [5, 5.41) is 7.02. The van der Waals surface area contributed by atoms with Gasteiger partial charge in [-0.25, -0.2) is 0 Å². The van der Waals surface area contributed by atoms with E-state index in [-0.39, 0.29) is 5.41 Å². The third kappa shape index (κ3) is 4.28. The fraction of sp³-hybridized carbons (Fsp3) is 0.600. The lowest BCUT2D eigenvalue weighted by molar-refractivity contribution is 0.0764. The molecule has 0 aliphatic carbocycles. The van der Waals surface area contributed by atoms with Crippen LogP contribution in [0.2, 0.25) is 0 Å². The molecule has 1 aliphatic rings. The van der Waals surface area contributed by atoms with Crippen molar-refractivity contribution in [2.75, 3.05) is 32.8 Å². The summed E-state index contributed by atoms with van der Waals surface area (Å²) in [5.74, 6) is 0. The maximum Gasteiger partial charge on any atom is 0.0632 e. The second-order valence-electron chi connectivity index (χ2n) is 5.72. The van der Waals surface area contributed by atoms with Crippen molar-refractivity contribution >= 4 is 15.9 Å². The van der Waals surface area contributed by atoms with Crippen molar-refractivity contribution in [2.45, 2.75) is 25.3 Å². The summed E-state index contributed by atoms with van der Waals surface area (Å²) in [6.07, 6.45) is 0. The van der Waals surface area contributed by atoms with Crippen LogP contribution in [0.15, 0.2) is 28.7 Å². The average Bonchev–Trinajstić information content (AvgIpc) is 2.40. The van der Waals surface area contributed by atoms with E-state index in [1.807, 2.05) is 0 Å². The number of halogens is 1. The zero-order chi connectivity index (χ0) is 13.7. The Morgan fingerprint density at radius 2 is 2.21 bits per heavy atom. The van der Waals surface area contributed by atoms with Crippen molar-refractivity contribution in [1.82, 2.24) is 10.6 Å². The van der Waals surface area contributed by atoms with Crippen LogP contribution >= 0.6 is 15.9 Å². The Hall–Kier alpha value is -0.420. The highest BCUT2D eigenvalue weighted by Crippen LogP contribution is 2.29. The van der Waals surface area contributed by atoms with E-state index in [0.29, 0.717) is 6.04 Å². The highest BCUT2D eigenvalue weighted by molar-refractivity contribution is 9.10. The first-order valence-electron chi connectivity index (χ1n) is 6.86. The molecule has 3 nitrogen and oxygen atoms in total. The second kappa shape index (κ2) is 6.84. The lowest BCUT2D eigenvalue weighted by atomic mass is 9.84. The maximum atomic E-state index is 5.46. The van der Waals surface area contributed by atoms with Gasteiger partial charge in [-0.3, -0.25) is 0 Å². The molecule has 4 heteroatoms. The summed E-state index contributed by atoms with van der Waals surface area (Å²) >= 11 is 3.64. The van der Waals surface area contributed by atoms with Crippen molar-refractivity contribution in [1.29, 1.82) is 0 Å². The van der Waals surface area contributed by atoms with Gasteiger partial charge in [-0.1, -0.05) is 48.0 Å². The Balaban J connectivity index is 1.85. The van der Waals surface area contributed by atoms with E-state index in [0.717, 1.165) is 32.8 Å². The minimum Gasteiger partial charge on any atom is -0.378 e. The van der Waals surface area contributed by atoms with Crippen LogP contribution in [0, 0.1) is 0 Å². The van der Waals surface area contributed by atoms with Crippen molar-refractivity contribution < 1.29 is 4.74 Å². The van der Waals surface area contributed by atoms with Crippen LogP contribution < -0.4 is 10.6 Å². The zero-order valence-corrected chi connectivity index (χ0v) is 13.3. The van der Waals surface area contributed by atoms with E-state index < -0.39 is 0 Å². The molecule has 2 N–H and O–H groups in total. The summed E-state index contributed by atoms with van der Waals surface area (Å²) in [7, 11) is 0. The fourth-order valence-corrected chi connectivity index (χ4v) is 3.24. The summed E-state index contributed by atoms with van der Waals surface area (Å²) in [4.78, 5) is 0. The number of morpholine rings is 1. The average molecular weight is 327 g/mol. The van der Waals surface area contributed by atoms with E-state index in [9.17, 15) is 0 Å². The largest absolute Gasteiger partial charge is 0.378 e. The number of nitrogens with one attached hydrogen (secondary N) is 2. The predicted octanol–water partition coefficient (Wildman–Crippen LogP) is 2.30. The number of ether oxygens (including phenoxy) is 1. The van der Waals surface area contributed by atoms with E-state index in [4.69, 9.17) is 4.74 Å². The van der Waals surface area contributed by atoms with Gasteiger partial charge in [0.2, 0.25) is 0 Å². The highest BCUT2D eigenvalue weighted by atomic mass is 79.9. The van der Waals surface area contributed by atoms with Crippen LogP contribution in [-0.2, 0) is 10.2 Å². The Morgan fingerprint density at radius 3 is 2.89 bits per heavy atom. The van der Waals surface area contributed by atoms with Crippen molar-refractivity contribution in [3.63, 3.8) is 0 Å². The number of hydrogen-bond acceptors (Lipinski definition) is 3. The van der Waals surface area contributed by atoms with Crippen LogP contribution in [0.4, 0.5) is 0 Å². The van der Waals surface area contributed by atoms with Gasteiger partial charge in [-0.15, -0.1) is 0 Å². The Morgan fingerprint density at radius 1 is 1.42 bits per heavy atom. The lowest BCUT2D eigenvalue weighted by Crippen LogP contribution is -2.48. The molecule has 1 unspecified atom stereocenters. The molecular formula is C15H23BrN2O. The van der Waals surface area contributed by atoms with Gasteiger partial charge in [0, 0.05) is 35.6 Å². The summed E-state index contributed by atoms with van der Waals surface area (Å²) < 4.78 is 6.64. The Bertz CT molecular complexity index is 403. The molecule has 0 amide bonds.